The summed E-state index contributed by atoms with van der Waals surface area (Å²) < 4.78 is 43.2. The van der Waals surface area contributed by atoms with Gasteiger partial charge in [-0.15, -0.1) is 0 Å². The molecular formula is C13H11F3N2O. The third-order valence-electron chi connectivity index (χ3n) is 2.46. The van der Waals surface area contributed by atoms with Gasteiger partial charge in [0.1, 0.15) is 5.75 Å². The second kappa shape index (κ2) is 4.72. The molecule has 0 aliphatic rings. The van der Waals surface area contributed by atoms with Crippen molar-refractivity contribution in [1.82, 2.24) is 0 Å². The van der Waals surface area contributed by atoms with Crippen molar-refractivity contribution in [3.63, 3.8) is 0 Å². The van der Waals surface area contributed by atoms with Gasteiger partial charge < -0.3 is 16.2 Å². The number of rotatable bonds is 2. The highest BCUT2D eigenvalue weighted by Crippen LogP contribution is 2.39. The van der Waals surface area contributed by atoms with E-state index >= 15 is 0 Å². The minimum Gasteiger partial charge on any atom is -0.455 e. The van der Waals surface area contributed by atoms with Crippen LogP contribution in [0.2, 0.25) is 0 Å². The molecule has 0 amide bonds. The van der Waals surface area contributed by atoms with Crippen molar-refractivity contribution < 1.29 is 17.9 Å². The van der Waals surface area contributed by atoms with Gasteiger partial charge in [0.25, 0.3) is 0 Å². The van der Waals surface area contributed by atoms with Gasteiger partial charge in [0.2, 0.25) is 0 Å². The van der Waals surface area contributed by atoms with E-state index in [0.29, 0.717) is 5.75 Å². The zero-order valence-electron chi connectivity index (χ0n) is 9.74. The van der Waals surface area contributed by atoms with E-state index in [1.54, 1.807) is 30.3 Å². The smallest absolute Gasteiger partial charge is 0.418 e. The second-order valence-corrected chi connectivity index (χ2v) is 3.89. The standard InChI is InChI=1S/C13H11F3N2O/c14-13(15,16)9-6-11(18)12(7-10(9)17)19-8-4-2-1-3-5-8/h1-7H,17-18H2. The molecule has 0 aromatic heterocycles. The van der Waals surface area contributed by atoms with E-state index in [2.05, 4.69) is 0 Å². The van der Waals surface area contributed by atoms with Crippen LogP contribution in [0.5, 0.6) is 11.5 Å². The zero-order chi connectivity index (χ0) is 14.0. The van der Waals surface area contributed by atoms with Crippen molar-refractivity contribution in [3.05, 3.63) is 48.0 Å². The molecule has 3 nitrogen and oxygen atoms in total. The molecule has 0 radical (unpaired) electrons. The molecule has 0 heterocycles. The number of benzene rings is 2. The summed E-state index contributed by atoms with van der Waals surface area (Å²) in [6, 6.07) is 10.4. The van der Waals surface area contributed by atoms with Crippen LogP contribution in [0, 0.1) is 0 Å². The monoisotopic (exact) mass is 268 g/mol. The Balaban J connectivity index is 2.36. The number of nitrogens with two attached hydrogens (primary N) is 2. The minimum absolute atomic E-state index is 0.0942. The Hall–Kier alpha value is -2.37. The molecular weight excluding hydrogens is 257 g/mol. The molecule has 0 spiro atoms. The molecule has 6 heteroatoms. The fourth-order valence-electron chi connectivity index (χ4n) is 1.56. The van der Waals surface area contributed by atoms with Crippen LogP contribution in [0.1, 0.15) is 5.56 Å². The number of para-hydroxylation sites is 1. The summed E-state index contributed by atoms with van der Waals surface area (Å²) in [6.45, 7) is 0. The van der Waals surface area contributed by atoms with Gasteiger partial charge in [0, 0.05) is 11.8 Å². The largest absolute Gasteiger partial charge is 0.455 e. The van der Waals surface area contributed by atoms with Gasteiger partial charge in [-0.1, -0.05) is 18.2 Å². The van der Waals surface area contributed by atoms with Crippen molar-refractivity contribution in [2.45, 2.75) is 6.18 Å². The van der Waals surface area contributed by atoms with Crippen molar-refractivity contribution in [1.29, 1.82) is 0 Å². The van der Waals surface area contributed by atoms with E-state index in [4.69, 9.17) is 16.2 Å². The first-order valence-corrected chi connectivity index (χ1v) is 5.37. The molecule has 100 valence electrons. The Labute approximate surface area is 107 Å². The normalized spacial score (nSPS) is 11.3. The van der Waals surface area contributed by atoms with E-state index in [1.165, 1.54) is 0 Å². The number of hydrogen-bond acceptors (Lipinski definition) is 3. The number of hydrogen-bond donors (Lipinski definition) is 2. The zero-order valence-corrected chi connectivity index (χ0v) is 9.74. The number of nitrogen functional groups attached to an aromatic ring is 2. The molecule has 2 rings (SSSR count). The van der Waals surface area contributed by atoms with Crippen LogP contribution in [-0.4, -0.2) is 0 Å². The third kappa shape index (κ3) is 2.90. The molecule has 0 atom stereocenters. The molecule has 19 heavy (non-hydrogen) atoms. The first kappa shape index (κ1) is 13.1. The fraction of sp³-hybridized carbons (Fsp3) is 0.0769. The molecule has 0 bridgehead atoms. The first-order valence-electron chi connectivity index (χ1n) is 5.37. The SMILES string of the molecule is Nc1cc(C(F)(F)F)c(N)cc1Oc1ccccc1. The van der Waals surface area contributed by atoms with Gasteiger partial charge in [-0.05, 0) is 18.2 Å². The molecule has 0 saturated heterocycles. The van der Waals surface area contributed by atoms with Gasteiger partial charge in [-0.25, -0.2) is 0 Å². The van der Waals surface area contributed by atoms with Gasteiger partial charge in [-0.3, -0.25) is 0 Å². The summed E-state index contributed by atoms with van der Waals surface area (Å²) in [5.41, 5.74) is 9.42. The van der Waals surface area contributed by atoms with E-state index in [9.17, 15) is 13.2 Å². The minimum atomic E-state index is -4.54. The van der Waals surface area contributed by atoms with Crippen LogP contribution >= 0.6 is 0 Å². The molecule has 0 saturated carbocycles. The quantitative estimate of drug-likeness (QED) is 0.817. The predicted molar refractivity (Wildman–Crippen MR) is 66.8 cm³/mol. The predicted octanol–water partition coefficient (Wildman–Crippen LogP) is 3.66. The summed E-state index contributed by atoms with van der Waals surface area (Å²) in [4.78, 5) is 0. The highest BCUT2D eigenvalue weighted by molar-refractivity contribution is 5.65. The number of halogens is 3. The average Bonchev–Trinajstić information content (AvgIpc) is 2.33. The van der Waals surface area contributed by atoms with Crippen LogP contribution in [0.4, 0.5) is 24.5 Å². The molecule has 0 aliphatic carbocycles. The number of anilines is 2. The Morgan fingerprint density at radius 3 is 2.11 bits per heavy atom. The summed E-state index contributed by atoms with van der Waals surface area (Å²) >= 11 is 0. The Morgan fingerprint density at radius 1 is 0.895 bits per heavy atom. The summed E-state index contributed by atoms with van der Waals surface area (Å²) in [5.74, 6) is 0.560. The Bertz CT molecular complexity index is 582. The van der Waals surface area contributed by atoms with Crippen molar-refractivity contribution in [2.24, 2.45) is 0 Å². The summed E-state index contributed by atoms with van der Waals surface area (Å²) in [5, 5.41) is 0. The van der Waals surface area contributed by atoms with E-state index in [1.807, 2.05) is 0 Å². The third-order valence-corrected chi connectivity index (χ3v) is 2.46. The Kier molecular flexibility index (Phi) is 3.25. The van der Waals surface area contributed by atoms with E-state index in [-0.39, 0.29) is 11.4 Å². The fourth-order valence-corrected chi connectivity index (χ4v) is 1.56. The lowest BCUT2D eigenvalue weighted by atomic mass is 10.1. The van der Waals surface area contributed by atoms with Crippen LogP contribution in [-0.2, 0) is 6.18 Å². The second-order valence-electron chi connectivity index (χ2n) is 3.89. The van der Waals surface area contributed by atoms with E-state index in [0.717, 1.165) is 12.1 Å². The van der Waals surface area contributed by atoms with Crippen LogP contribution < -0.4 is 16.2 Å². The first-order chi connectivity index (χ1) is 8.88. The van der Waals surface area contributed by atoms with Crippen LogP contribution in [0.15, 0.2) is 42.5 Å². The molecule has 0 aliphatic heterocycles. The average molecular weight is 268 g/mol. The lowest BCUT2D eigenvalue weighted by Gasteiger charge is -2.14. The van der Waals surface area contributed by atoms with Gasteiger partial charge in [0.15, 0.2) is 5.75 Å². The molecule has 0 fully saturated rings. The Morgan fingerprint density at radius 2 is 1.53 bits per heavy atom. The molecule has 0 unspecified atom stereocenters. The van der Waals surface area contributed by atoms with Crippen molar-refractivity contribution >= 4 is 11.4 Å². The maximum Gasteiger partial charge on any atom is 0.418 e. The maximum absolute atomic E-state index is 12.6. The van der Waals surface area contributed by atoms with Gasteiger partial charge >= 0.3 is 6.18 Å². The van der Waals surface area contributed by atoms with Crippen molar-refractivity contribution in [2.75, 3.05) is 11.5 Å². The maximum atomic E-state index is 12.6. The lowest BCUT2D eigenvalue weighted by Crippen LogP contribution is -2.10. The van der Waals surface area contributed by atoms with Crippen molar-refractivity contribution in [3.8, 4) is 11.5 Å². The highest BCUT2D eigenvalue weighted by Gasteiger charge is 2.33. The van der Waals surface area contributed by atoms with Crippen LogP contribution in [0.25, 0.3) is 0 Å². The lowest BCUT2D eigenvalue weighted by molar-refractivity contribution is -0.136. The van der Waals surface area contributed by atoms with Gasteiger partial charge in [-0.2, -0.15) is 13.2 Å². The summed E-state index contributed by atoms with van der Waals surface area (Å²) in [6.07, 6.45) is -4.54. The number of alkyl halides is 3. The molecule has 2 aromatic rings. The number of ether oxygens (including phenoxy) is 1. The summed E-state index contributed by atoms with van der Waals surface area (Å²) in [7, 11) is 0. The molecule has 2 aromatic carbocycles. The molecule has 4 N–H and O–H groups in total. The van der Waals surface area contributed by atoms with Crippen LogP contribution in [0.3, 0.4) is 0 Å². The van der Waals surface area contributed by atoms with Gasteiger partial charge in [0.05, 0.1) is 11.3 Å². The topological polar surface area (TPSA) is 61.3 Å². The van der Waals surface area contributed by atoms with E-state index < -0.39 is 17.4 Å². The highest BCUT2D eigenvalue weighted by atomic mass is 19.4.